The molecule has 0 fully saturated rings. The van der Waals surface area contributed by atoms with Gasteiger partial charge < -0.3 is 18.9 Å². The van der Waals surface area contributed by atoms with Crippen molar-refractivity contribution in [2.75, 3.05) is 21.0 Å². The van der Waals surface area contributed by atoms with Crippen LogP contribution in [0.25, 0.3) is 22.6 Å². The number of hydrogen-bond acceptors (Lipinski definition) is 5. The van der Waals surface area contributed by atoms with Crippen LogP contribution >= 0.6 is 22.6 Å². The number of halogens is 1. The molecule has 2 aromatic carbocycles. The largest absolute Gasteiger partial charge is 0.493 e. The molecular weight excluding hydrogens is 481 g/mol. The van der Waals surface area contributed by atoms with Crippen LogP contribution in [0.15, 0.2) is 36.5 Å². The van der Waals surface area contributed by atoms with Gasteiger partial charge in [0.1, 0.15) is 0 Å². The predicted molar refractivity (Wildman–Crippen MR) is 123 cm³/mol. The fourth-order valence-corrected chi connectivity index (χ4v) is 4.31. The van der Waals surface area contributed by atoms with Crippen LogP contribution in [0.3, 0.4) is 0 Å². The number of rotatable bonds is 6. The number of nitrogens with zero attached hydrogens (tertiary/aromatic N) is 1. The lowest BCUT2D eigenvalue weighted by Crippen LogP contribution is -1.96. The number of benzene rings is 2. The molecule has 3 aromatic rings. The van der Waals surface area contributed by atoms with Crippen molar-refractivity contribution in [1.29, 1.82) is 0 Å². The zero-order chi connectivity index (χ0) is 20.4. The minimum atomic E-state index is 0.252. The lowest BCUT2D eigenvalue weighted by atomic mass is 9.97. The Labute approximate surface area is 183 Å². The number of ether oxygens (including phenoxy) is 4. The first-order valence-corrected chi connectivity index (χ1v) is 10.5. The van der Waals surface area contributed by atoms with E-state index in [1.807, 2.05) is 30.5 Å². The Morgan fingerprint density at radius 1 is 1.10 bits per heavy atom. The van der Waals surface area contributed by atoms with Crippen LogP contribution in [0.4, 0.5) is 0 Å². The summed E-state index contributed by atoms with van der Waals surface area (Å²) >= 11 is 2.36. The number of methoxy groups -OCH3 is 2. The van der Waals surface area contributed by atoms with E-state index in [4.69, 9.17) is 18.9 Å². The van der Waals surface area contributed by atoms with Gasteiger partial charge in [-0.25, -0.2) is 0 Å². The fraction of sp³-hybridized carbons (Fsp3) is 0.261. The summed E-state index contributed by atoms with van der Waals surface area (Å²) < 4.78 is 23.2. The van der Waals surface area contributed by atoms with Gasteiger partial charge in [-0.2, -0.15) is 0 Å². The molecule has 0 radical (unpaired) electrons. The van der Waals surface area contributed by atoms with Crippen molar-refractivity contribution in [3.8, 4) is 23.0 Å². The molecule has 0 amide bonds. The molecule has 0 atom stereocenters. The SMILES string of the molecule is CCCC(=Cc1ccnc2cc3c(cc12)OCO3)c1cc(OC)c(OC)cc1I. The molecule has 5 nitrogen and oxygen atoms in total. The van der Waals surface area contributed by atoms with Gasteiger partial charge in [0.2, 0.25) is 6.79 Å². The van der Waals surface area contributed by atoms with Gasteiger partial charge in [0.25, 0.3) is 0 Å². The highest BCUT2D eigenvalue weighted by Crippen LogP contribution is 2.39. The average Bonchev–Trinajstić information content (AvgIpc) is 3.19. The molecule has 150 valence electrons. The topological polar surface area (TPSA) is 49.8 Å². The van der Waals surface area contributed by atoms with Crippen LogP contribution in [-0.2, 0) is 0 Å². The van der Waals surface area contributed by atoms with Gasteiger partial charge >= 0.3 is 0 Å². The molecule has 4 rings (SSSR count). The van der Waals surface area contributed by atoms with Gasteiger partial charge in [0.05, 0.1) is 19.7 Å². The molecule has 29 heavy (non-hydrogen) atoms. The van der Waals surface area contributed by atoms with E-state index in [9.17, 15) is 0 Å². The van der Waals surface area contributed by atoms with Crippen molar-refractivity contribution in [2.45, 2.75) is 19.8 Å². The quantitative estimate of drug-likeness (QED) is 0.391. The number of hydrogen-bond donors (Lipinski definition) is 0. The van der Waals surface area contributed by atoms with Gasteiger partial charge in [-0.3, -0.25) is 4.98 Å². The first-order chi connectivity index (χ1) is 14.1. The Morgan fingerprint density at radius 3 is 2.55 bits per heavy atom. The van der Waals surface area contributed by atoms with Crippen LogP contribution in [0.5, 0.6) is 23.0 Å². The summed E-state index contributed by atoms with van der Waals surface area (Å²) in [6.45, 7) is 2.44. The molecule has 6 heteroatoms. The van der Waals surface area contributed by atoms with Gasteiger partial charge in [-0.15, -0.1) is 0 Å². The fourth-order valence-electron chi connectivity index (χ4n) is 3.52. The van der Waals surface area contributed by atoms with Gasteiger partial charge in [0.15, 0.2) is 23.0 Å². The third-order valence-electron chi connectivity index (χ3n) is 4.94. The first-order valence-electron chi connectivity index (χ1n) is 9.45. The third-order valence-corrected chi connectivity index (χ3v) is 5.83. The van der Waals surface area contributed by atoms with Crippen molar-refractivity contribution in [3.63, 3.8) is 0 Å². The smallest absolute Gasteiger partial charge is 0.231 e. The van der Waals surface area contributed by atoms with Crippen molar-refractivity contribution in [3.05, 3.63) is 51.2 Å². The summed E-state index contributed by atoms with van der Waals surface area (Å²) in [6, 6.07) is 10.1. The average molecular weight is 503 g/mol. The van der Waals surface area contributed by atoms with Crippen molar-refractivity contribution < 1.29 is 18.9 Å². The zero-order valence-corrected chi connectivity index (χ0v) is 18.8. The summed E-state index contributed by atoms with van der Waals surface area (Å²) in [5.41, 5.74) is 4.38. The lowest BCUT2D eigenvalue weighted by molar-refractivity contribution is 0.174. The summed E-state index contributed by atoms with van der Waals surface area (Å²) in [5, 5.41) is 1.04. The molecule has 1 aliphatic heterocycles. The van der Waals surface area contributed by atoms with E-state index in [1.165, 1.54) is 5.57 Å². The Hall–Kier alpha value is -2.48. The highest BCUT2D eigenvalue weighted by Gasteiger charge is 2.17. The summed E-state index contributed by atoms with van der Waals surface area (Å²) in [6.07, 6.45) is 6.05. The summed E-state index contributed by atoms with van der Waals surface area (Å²) in [7, 11) is 3.32. The van der Waals surface area contributed by atoms with E-state index in [-0.39, 0.29) is 6.79 Å². The van der Waals surface area contributed by atoms with Gasteiger partial charge in [0, 0.05) is 21.2 Å². The summed E-state index contributed by atoms with van der Waals surface area (Å²) in [4.78, 5) is 4.51. The number of pyridine rings is 1. The predicted octanol–water partition coefficient (Wildman–Crippen LogP) is 5.93. The maximum absolute atomic E-state index is 5.57. The second-order valence-electron chi connectivity index (χ2n) is 6.73. The minimum absolute atomic E-state index is 0.252. The second-order valence-corrected chi connectivity index (χ2v) is 7.89. The van der Waals surface area contributed by atoms with E-state index in [0.29, 0.717) is 0 Å². The van der Waals surface area contributed by atoms with Crippen molar-refractivity contribution >= 4 is 45.1 Å². The van der Waals surface area contributed by atoms with Crippen molar-refractivity contribution in [1.82, 2.24) is 4.98 Å². The van der Waals surface area contributed by atoms with E-state index in [0.717, 1.165) is 61.4 Å². The van der Waals surface area contributed by atoms with Gasteiger partial charge in [-0.05, 0) is 70.0 Å². The lowest BCUT2D eigenvalue weighted by Gasteiger charge is -2.15. The summed E-state index contributed by atoms with van der Waals surface area (Å²) in [5.74, 6) is 2.97. The Bertz CT molecular complexity index is 1090. The van der Waals surface area contributed by atoms with Crippen LogP contribution in [0.1, 0.15) is 30.9 Å². The molecule has 0 saturated heterocycles. The number of aromatic nitrogens is 1. The normalized spacial score (nSPS) is 13.0. The van der Waals surface area contributed by atoms with Crippen LogP contribution in [0, 0.1) is 3.57 Å². The van der Waals surface area contributed by atoms with E-state index in [1.54, 1.807) is 14.2 Å². The van der Waals surface area contributed by atoms with Crippen molar-refractivity contribution in [2.24, 2.45) is 0 Å². The number of allylic oxidation sites excluding steroid dienone is 1. The minimum Gasteiger partial charge on any atom is -0.493 e. The maximum Gasteiger partial charge on any atom is 0.231 e. The Balaban J connectivity index is 1.87. The highest BCUT2D eigenvalue weighted by atomic mass is 127. The molecule has 0 unspecified atom stereocenters. The molecule has 0 N–H and O–H groups in total. The molecule has 2 heterocycles. The highest BCUT2D eigenvalue weighted by molar-refractivity contribution is 14.1. The van der Waals surface area contributed by atoms with E-state index < -0.39 is 0 Å². The molecule has 0 saturated carbocycles. The molecule has 1 aromatic heterocycles. The van der Waals surface area contributed by atoms with E-state index >= 15 is 0 Å². The third kappa shape index (κ3) is 3.85. The molecule has 0 bridgehead atoms. The van der Waals surface area contributed by atoms with Crippen LogP contribution < -0.4 is 18.9 Å². The Kier molecular flexibility index (Phi) is 5.80. The first kappa shape index (κ1) is 19.8. The van der Waals surface area contributed by atoms with E-state index in [2.05, 4.69) is 46.6 Å². The zero-order valence-electron chi connectivity index (χ0n) is 16.6. The molecular formula is C23H22INO4. The standard InChI is InChI=1S/C23H22INO4/c1-4-5-14(16-9-20(26-2)21(27-3)11-18(16)24)8-15-6-7-25-19-12-23-22(10-17(15)19)28-13-29-23/h6-12H,4-5,13H2,1-3H3. The number of fused-ring (bicyclic) bond motifs is 2. The van der Waals surface area contributed by atoms with Crippen LogP contribution in [0.2, 0.25) is 0 Å². The monoisotopic (exact) mass is 503 g/mol. The van der Waals surface area contributed by atoms with Crippen LogP contribution in [-0.4, -0.2) is 26.0 Å². The molecule has 1 aliphatic rings. The molecule has 0 aliphatic carbocycles. The Morgan fingerprint density at radius 2 is 1.83 bits per heavy atom. The van der Waals surface area contributed by atoms with Gasteiger partial charge in [-0.1, -0.05) is 19.4 Å². The maximum atomic E-state index is 5.57. The molecule has 0 spiro atoms. The second kappa shape index (κ2) is 8.49.